The molecule has 3 rings (SSSR count). The molecule has 0 heterocycles. The zero-order valence-electron chi connectivity index (χ0n) is 16.8. The van der Waals surface area contributed by atoms with E-state index in [1.54, 1.807) is 18.2 Å². The van der Waals surface area contributed by atoms with Gasteiger partial charge in [-0.25, -0.2) is 0 Å². The summed E-state index contributed by atoms with van der Waals surface area (Å²) in [6.45, 7) is 4.77. The second-order valence-corrected chi connectivity index (χ2v) is 8.12. The van der Waals surface area contributed by atoms with Crippen molar-refractivity contribution in [1.82, 2.24) is 0 Å². The summed E-state index contributed by atoms with van der Waals surface area (Å²) in [6, 6.07) is 17.8. The lowest BCUT2D eigenvalue weighted by Gasteiger charge is -2.14. The minimum atomic E-state index is -0.508. The van der Waals surface area contributed by atoms with E-state index in [-0.39, 0.29) is 11.3 Å². The Morgan fingerprint density at radius 3 is 2.37 bits per heavy atom. The van der Waals surface area contributed by atoms with Gasteiger partial charge in [-0.05, 0) is 53.4 Å². The predicted octanol–water partition coefficient (Wildman–Crippen LogP) is 6.70. The van der Waals surface area contributed by atoms with Crippen LogP contribution in [0, 0.1) is 0 Å². The van der Waals surface area contributed by atoms with E-state index in [2.05, 4.69) is 43.4 Å². The van der Waals surface area contributed by atoms with Crippen molar-refractivity contribution in [2.45, 2.75) is 26.2 Å². The molecule has 0 aliphatic rings. The molecule has 30 heavy (non-hydrogen) atoms. The van der Waals surface area contributed by atoms with Gasteiger partial charge in [-0.1, -0.05) is 61.3 Å². The van der Waals surface area contributed by atoms with E-state index in [0.29, 0.717) is 34.0 Å². The molecule has 0 radical (unpaired) electrons. The highest BCUT2D eigenvalue weighted by Gasteiger charge is 2.15. The molecule has 0 aromatic heterocycles. The van der Waals surface area contributed by atoms with E-state index in [0.717, 1.165) is 6.42 Å². The van der Waals surface area contributed by atoms with Crippen LogP contribution in [0.5, 0.6) is 11.5 Å². The number of amides is 1. The van der Waals surface area contributed by atoms with Gasteiger partial charge in [0.1, 0.15) is 11.5 Å². The minimum Gasteiger partial charge on any atom is -0.507 e. The van der Waals surface area contributed by atoms with Crippen molar-refractivity contribution in [1.29, 1.82) is 0 Å². The molecule has 2 N–H and O–H groups in total. The number of phenols is 1. The quantitative estimate of drug-likeness (QED) is 0.427. The van der Waals surface area contributed by atoms with Crippen molar-refractivity contribution in [3.05, 3.63) is 87.4 Å². The highest BCUT2D eigenvalue weighted by molar-refractivity contribution is 6.31. The number of anilines is 1. The third kappa shape index (κ3) is 5.68. The zero-order valence-corrected chi connectivity index (χ0v) is 18.3. The largest absolute Gasteiger partial charge is 0.507 e. The molecule has 0 saturated carbocycles. The highest BCUT2D eigenvalue weighted by Crippen LogP contribution is 2.30. The lowest BCUT2D eigenvalue weighted by Crippen LogP contribution is -2.13. The van der Waals surface area contributed by atoms with E-state index in [4.69, 9.17) is 27.9 Å². The first kappa shape index (κ1) is 22.0. The molecule has 4 nitrogen and oxygen atoms in total. The normalized spacial score (nSPS) is 10.8. The molecule has 3 aromatic carbocycles. The molecule has 0 unspecified atom stereocenters. The van der Waals surface area contributed by atoms with Gasteiger partial charge in [0.2, 0.25) is 0 Å². The first-order valence-corrected chi connectivity index (χ1v) is 10.4. The van der Waals surface area contributed by atoms with Gasteiger partial charge in [-0.15, -0.1) is 0 Å². The molecule has 0 saturated heterocycles. The summed E-state index contributed by atoms with van der Waals surface area (Å²) in [5.41, 5.74) is 2.95. The Hall–Kier alpha value is -2.69. The highest BCUT2D eigenvalue weighted by atomic mass is 35.5. The maximum Gasteiger partial charge on any atom is 0.259 e. The van der Waals surface area contributed by atoms with Crippen LogP contribution in [-0.4, -0.2) is 17.6 Å². The van der Waals surface area contributed by atoms with Crippen LogP contribution in [0.1, 0.15) is 41.3 Å². The van der Waals surface area contributed by atoms with Crippen LogP contribution >= 0.6 is 23.2 Å². The number of hydrogen-bond acceptors (Lipinski definition) is 3. The molecule has 3 aromatic rings. The van der Waals surface area contributed by atoms with Gasteiger partial charge < -0.3 is 15.2 Å². The lowest BCUT2D eigenvalue weighted by molar-refractivity contribution is 0.102. The van der Waals surface area contributed by atoms with Crippen LogP contribution in [0.15, 0.2) is 60.7 Å². The van der Waals surface area contributed by atoms with Gasteiger partial charge >= 0.3 is 0 Å². The zero-order chi connectivity index (χ0) is 21.7. The number of carbonyl (C=O) groups is 1. The van der Waals surface area contributed by atoms with Gasteiger partial charge in [0, 0.05) is 16.5 Å². The fourth-order valence-electron chi connectivity index (χ4n) is 2.95. The molecule has 0 aliphatic carbocycles. The molecule has 1 amide bonds. The summed E-state index contributed by atoms with van der Waals surface area (Å²) in [6.07, 6.45) is 0.726. The number of halogens is 2. The fraction of sp³-hybridized carbons (Fsp3) is 0.208. The molecule has 0 aliphatic heterocycles. The summed E-state index contributed by atoms with van der Waals surface area (Å²) in [4.78, 5) is 12.6. The van der Waals surface area contributed by atoms with Crippen LogP contribution in [0.3, 0.4) is 0 Å². The first-order valence-electron chi connectivity index (χ1n) is 9.64. The van der Waals surface area contributed by atoms with Crippen molar-refractivity contribution < 1.29 is 14.6 Å². The monoisotopic (exact) mass is 443 g/mol. The van der Waals surface area contributed by atoms with Gasteiger partial charge in [-0.2, -0.15) is 0 Å². The Balaban J connectivity index is 1.69. The number of phenolic OH excluding ortho intramolecular Hbond substituents is 1. The van der Waals surface area contributed by atoms with Crippen molar-refractivity contribution in [3.63, 3.8) is 0 Å². The Kier molecular flexibility index (Phi) is 7.24. The third-order valence-electron chi connectivity index (χ3n) is 4.69. The van der Waals surface area contributed by atoms with Crippen molar-refractivity contribution in [3.8, 4) is 11.5 Å². The number of rotatable bonds is 7. The van der Waals surface area contributed by atoms with E-state index in [1.807, 2.05) is 0 Å². The lowest BCUT2D eigenvalue weighted by atomic mass is 10.0. The van der Waals surface area contributed by atoms with E-state index >= 15 is 0 Å². The fourth-order valence-corrected chi connectivity index (χ4v) is 3.30. The molecule has 0 fully saturated rings. The van der Waals surface area contributed by atoms with E-state index < -0.39 is 5.91 Å². The number of hydrogen-bond donors (Lipinski definition) is 2. The SMILES string of the molecule is CC(C)c1ccc(CCOc2ccc(Cl)cc2NC(=O)c2cc(Cl)ccc2O)cc1. The smallest absolute Gasteiger partial charge is 0.259 e. The summed E-state index contributed by atoms with van der Waals surface area (Å²) >= 11 is 12.0. The number of carbonyl (C=O) groups excluding carboxylic acids is 1. The second kappa shape index (κ2) is 9.88. The topological polar surface area (TPSA) is 58.6 Å². The Morgan fingerprint density at radius 1 is 1.00 bits per heavy atom. The molecule has 0 atom stereocenters. The van der Waals surface area contributed by atoms with Crippen molar-refractivity contribution in [2.24, 2.45) is 0 Å². The van der Waals surface area contributed by atoms with Crippen LogP contribution in [0.2, 0.25) is 10.0 Å². The van der Waals surface area contributed by atoms with Crippen LogP contribution in [0.4, 0.5) is 5.69 Å². The van der Waals surface area contributed by atoms with Crippen LogP contribution < -0.4 is 10.1 Å². The third-order valence-corrected chi connectivity index (χ3v) is 5.16. The Labute approximate surface area is 186 Å². The summed E-state index contributed by atoms with van der Waals surface area (Å²) in [5, 5.41) is 13.5. The van der Waals surface area contributed by atoms with Crippen molar-refractivity contribution >= 4 is 34.8 Å². The first-order chi connectivity index (χ1) is 14.3. The van der Waals surface area contributed by atoms with E-state index in [1.165, 1.54) is 29.3 Å². The average molecular weight is 444 g/mol. The average Bonchev–Trinajstić information content (AvgIpc) is 2.71. The molecular formula is C24H23Cl2NO3. The minimum absolute atomic E-state index is 0.0682. The van der Waals surface area contributed by atoms with Gasteiger partial charge in [0.05, 0.1) is 17.9 Å². The number of benzene rings is 3. The Morgan fingerprint density at radius 2 is 1.67 bits per heavy atom. The van der Waals surface area contributed by atoms with Gasteiger partial charge in [0.15, 0.2) is 0 Å². The molecule has 6 heteroatoms. The van der Waals surface area contributed by atoms with Crippen molar-refractivity contribution in [2.75, 3.05) is 11.9 Å². The van der Waals surface area contributed by atoms with Gasteiger partial charge in [0.25, 0.3) is 5.91 Å². The predicted molar refractivity (Wildman–Crippen MR) is 122 cm³/mol. The number of nitrogens with one attached hydrogen (secondary N) is 1. The molecular weight excluding hydrogens is 421 g/mol. The van der Waals surface area contributed by atoms with Crippen LogP contribution in [0.25, 0.3) is 0 Å². The summed E-state index contributed by atoms with van der Waals surface area (Å²) in [5.74, 6) is 0.320. The summed E-state index contributed by atoms with van der Waals surface area (Å²) in [7, 11) is 0. The number of ether oxygens (including phenoxy) is 1. The standard InChI is InChI=1S/C24H23Cl2NO3/c1-15(2)17-5-3-16(4-6-17)11-12-30-23-10-8-19(26)14-21(23)27-24(29)20-13-18(25)7-9-22(20)28/h3-10,13-15,28H,11-12H2,1-2H3,(H,27,29). The molecule has 0 spiro atoms. The number of aromatic hydroxyl groups is 1. The maximum absolute atomic E-state index is 12.6. The second-order valence-electron chi connectivity index (χ2n) is 7.25. The summed E-state index contributed by atoms with van der Waals surface area (Å²) < 4.78 is 5.90. The van der Waals surface area contributed by atoms with Crippen LogP contribution in [-0.2, 0) is 6.42 Å². The molecule has 0 bridgehead atoms. The Bertz CT molecular complexity index is 1030. The molecule has 156 valence electrons. The maximum atomic E-state index is 12.6. The van der Waals surface area contributed by atoms with E-state index in [9.17, 15) is 9.90 Å². The van der Waals surface area contributed by atoms with Gasteiger partial charge in [-0.3, -0.25) is 4.79 Å².